The Labute approximate surface area is 184 Å². The summed E-state index contributed by atoms with van der Waals surface area (Å²) in [7, 11) is 0. The van der Waals surface area contributed by atoms with Gasteiger partial charge in [-0.25, -0.2) is 9.59 Å². The van der Waals surface area contributed by atoms with Crippen molar-refractivity contribution in [2.45, 2.75) is 0 Å². The van der Waals surface area contributed by atoms with Gasteiger partial charge in [0.05, 0.1) is 11.1 Å². The highest BCUT2D eigenvalue weighted by atomic mass is 79.9. The molecule has 0 aliphatic carbocycles. The summed E-state index contributed by atoms with van der Waals surface area (Å²) in [5, 5.41) is 9.02. The first-order valence-corrected chi connectivity index (χ1v) is 10.6. The molecule has 4 rings (SSSR count). The van der Waals surface area contributed by atoms with Gasteiger partial charge >= 0.3 is 17.6 Å². The average Bonchev–Trinajstić information content (AvgIpc) is 2.75. The van der Waals surface area contributed by atoms with Gasteiger partial charge in [-0.1, -0.05) is 70.0 Å². The van der Waals surface area contributed by atoms with Crippen LogP contribution < -0.4 is 21.0 Å². The van der Waals surface area contributed by atoms with Gasteiger partial charge in [-0.2, -0.15) is 0 Å². The predicted octanol–water partition coefficient (Wildman–Crippen LogP) is 6.02. The first-order chi connectivity index (χ1) is 14.6. The van der Waals surface area contributed by atoms with Crippen LogP contribution in [-0.4, -0.2) is 18.0 Å². The van der Waals surface area contributed by atoms with E-state index in [4.69, 9.17) is 20.8 Å². The molecule has 8 heteroatoms. The number of halogens is 2. The fourth-order valence-corrected chi connectivity index (χ4v) is 3.54. The van der Waals surface area contributed by atoms with Crippen LogP contribution in [0.4, 0.5) is 16.2 Å². The van der Waals surface area contributed by atoms with E-state index < -0.39 is 11.7 Å². The van der Waals surface area contributed by atoms with E-state index in [1.807, 2.05) is 42.5 Å². The lowest BCUT2D eigenvalue weighted by Gasteiger charge is -2.11. The van der Waals surface area contributed by atoms with Crippen LogP contribution in [0.3, 0.4) is 0 Å². The third kappa shape index (κ3) is 4.13. The topological polar surface area (TPSA) is 80.6 Å². The smallest absolute Gasteiger partial charge is 0.346 e. The molecule has 2 amide bonds. The molecule has 2 N–H and O–H groups in total. The number of fused-ring (bicyclic) bond motifs is 2. The minimum atomic E-state index is -0.600. The maximum Gasteiger partial charge on any atom is 0.346 e. The van der Waals surface area contributed by atoms with Gasteiger partial charge in [-0.3, -0.25) is 0 Å². The molecule has 1 heterocycles. The first-order valence-electron chi connectivity index (χ1n) is 9.07. The van der Waals surface area contributed by atoms with Crippen molar-refractivity contribution >= 4 is 66.5 Å². The number of benzene rings is 3. The number of carbonyl (C=O) groups is 1. The van der Waals surface area contributed by atoms with Crippen LogP contribution in [0, 0.1) is 0 Å². The molecule has 6 nitrogen and oxygen atoms in total. The zero-order valence-electron chi connectivity index (χ0n) is 15.6. The first kappa shape index (κ1) is 20.3. The summed E-state index contributed by atoms with van der Waals surface area (Å²) < 4.78 is 10.5. The third-order valence-corrected chi connectivity index (χ3v) is 5.13. The number of urea groups is 1. The van der Waals surface area contributed by atoms with Gasteiger partial charge in [-0.15, -0.1) is 0 Å². The lowest BCUT2D eigenvalue weighted by molar-refractivity contribution is 0.249. The maximum absolute atomic E-state index is 12.5. The zero-order valence-corrected chi connectivity index (χ0v) is 17.9. The van der Waals surface area contributed by atoms with E-state index in [9.17, 15) is 9.59 Å². The van der Waals surface area contributed by atoms with Crippen LogP contribution in [0.25, 0.3) is 21.5 Å². The molecule has 30 heavy (non-hydrogen) atoms. The summed E-state index contributed by atoms with van der Waals surface area (Å²) in [4.78, 5) is 24.9. The Morgan fingerprint density at radius 3 is 2.63 bits per heavy atom. The highest BCUT2D eigenvalue weighted by Gasteiger charge is 2.15. The second-order valence-corrected chi connectivity index (χ2v) is 7.57. The monoisotopic (exact) mass is 486 g/mol. The number of amides is 2. The second kappa shape index (κ2) is 8.77. The molecule has 0 radical (unpaired) electrons. The van der Waals surface area contributed by atoms with E-state index in [-0.39, 0.29) is 16.4 Å². The predicted molar refractivity (Wildman–Crippen MR) is 123 cm³/mol. The fraction of sp³-hybridized carbons (Fsp3) is 0.0909. The van der Waals surface area contributed by atoms with E-state index in [1.54, 1.807) is 12.1 Å². The van der Waals surface area contributed by atoms with Crippen molar-refractivity contribution in [3.05, 3.63) is 76.1 Å². The van der Waals surface area contributed by atoms with Gasteiger partial charge in [0.25, 0.3) is 0 Å². The maximum atomic E-state index is 12.5. The standard InChI is InChI=1S/C22H16BrClN2O4/c23-10-11-29-21-19(24)16-9-8-14(12-17(16)20(27)30-21)25-22(28)26-18-7-3-5-13-4-1-2-6-15(13)18/h1-9,12H,10-11H2,(H2,25,26,28). The number of alkyl halides is 1. The molecule has 0 saturated carbocycles. The van der Waals surface area contributed by atoms with Crippen molar-refractivity contribution in [1.82, 2.24) is 0 Å². The summed E-state index contributed by atoms with van der Waals surface area (Å²) in [5.41, 5.74) is 0.511. The van der Waals surface area contributed by atoms with E-state index >= 15 is 0 Å². The van der Waals surface area contributed by atoms with Gasteiger partial charge in [0, 0.05) is 21.8 Å². The van der Waals surface area contributed by atoms with Crippen molar-refractivity contribution < 1.29 is 13.9 Å². The van der Waals surface area contributed by atoms with Crippen molar-refractivity contribution in [3.8, 4) is 5.95 Å². The zero-order chi connectivity index (χ0) is 21.1. The molecule has 0 fully saturated rings. The minimum absolute atomic E-state index is 0.0250. The molecule has 0 aliphatic rings. The fourth-order valence-electron chi connectivity index (χ4n) is 3.12. The third-order valence-electron chi connectivity index (χ3n) is 4.45. The molecule has 0 atom stereocenters. The Morgan fingerprint density at radius 1 is 1.00 bits per heavy atom. The average molecular weight is 488 g/mol. The largest absolute Gasteiger partial charge is 0.463 e. The molecule has 152 valence electrons. The normalized spacial score (nSPS) is 10.9. The van der Waals surface area contributed by atoms with Gasteiger partial charge in [0.1, 0.15) is 11.6 Å². The van der Waals surface area contributed by atoms with Gasteiger partial charge in [-0.05, 0) is 23.6 Å². The Kier molecular flexibility index (Phi) is 5.92. The summed E-state index contributed by atoms with van der Waals surface area (Å²) in [6.45, 7) is 0.308. The molecule has 1 aromatic heterocycles. The Bertz CT molecular complexity index is 1300. The van der Waals surface area contributed by atoms with Crippen molar-refractivity contribution in [3.63, 3.8) is 0 Å². The molecule has 0 spiro atoms. The SMILES string of the molecule is O=C(Nc1ccc2c(Cl)c(OCCBr)oc(=O)c2c1)Nc1cccc2ccccc12. The molecule has 0 saturated heterocycles. The lowest BCUT2D eigenvalue weighted by atomic mass is 10.1. The van der Waals surface area contributed by atoms with Crippen LogP contribution in [-0.2, 0) is 0 Å². The van der Waals surface area contributed by atoms with E-state index in [2.05, 4.69) is 26.6 Å². The Morgan fingerprint density at radius 2 is 1.80 bits per heavy atom. The van der Waals surface area contributed by atoms with Crippen LogP contribution in [0.15, 0.2) is 69.9 Å². The highest BCUT2D eigenvalue weighted by molar-refractivity contribution is 9.09. The molecule has 0 aliphatic heterocycles. The number of anilines is 2. The number of rotatable bonds is 5. The quantitative estimate of drug-likeness (QED) is 0.337. The van der Waals surface area contributed by atoms with Crippen LogP contribution in [0.5, 0.6) is 5.95 Å². The number of carbonyl (C=O) groups excluding carboxylic acids is 1. The lowest BCUT2D eigenvalue weighted by Crippen LogP contribution is -2.19. The van der Waals surface area contributed by atoms with Crippen LogP contribution >= 0.6 is 27.5 Å². The Balaban J connectivity index is 1.58. The molecule has 0 bridgehead atoms. The molecular formula is C22H16BrClN2O4. The van der Waals surface area contributed by atoms with Crippen molar-refractivity contribution in [2.75, 3.05) is 22.6 Å². The molecule has 4 aromatic rings. The number of nitrogens with one attached hydrogen (secondary N) is 2. The number of ether oxygens (including phenoxy) is 1. The molecule has 0 unspecified atom stereocenters. The molecular weight excluding hydrogens is 472 g/mol. The molecule has 3 aromatic carbocycles. The summed E-state index contributed by atoms with van der Waals surface area (Å²) in [6.07, 6.45) is 0. The number of hydrogen-bond acceptors (Lipinski definition) is 4. The van der Waals surface area contributed by atoms with E-state index in [1.165, 1.54) is 6.07 Å². The van der Waals surface area contributed by atoms with E-state index in [0.717, 1.165) is 10.8 Å². The minimum Gasteiger partial charge on any atom is -0.463 e. The van der Waals surface area contributed by atoms with Gasteiger partial charge in [0.2, 0.25) is 0 Å². The van der Waals surface area contributed by atoms with Crippen molar-refractivity contribution in [1.29, 1.82) is 0 Å². The van der Waals surface area contributed by atoms with Crippen LogP contribution in [0.1, 0.15) is 0 Å². The van der Waals surface area contributed by atoms with Crippen molar-refractivity contribution in [2.24, 2.45) is 0 Å². The van der Waals surface area contributed by atoms with Gasteiger partial charge in [0.15, 0.2) is 0 Å². The van der Waals surface area contributed by atoms with Gasteiger partial charge < -0.3 is 19.8 Å². The van der Waals surface area contributed by atoms with E-state index in [0.29, 0.717) is 28.7 Å². The number of hydrogen-bond donors (Lipinski definition) is 2. The highest BCUT2D eigenvalue weighted by Crippen LogP contribution is 2.32. The second-order valence-electron chi connectivity index (χ2n) is 6.39. The van der Waals surface area contributed by atoms with Crippen LogP contribution in [0.2, 0.25) is 5.02 Å². The summed E-state index contributed by atoms with van der Waals surface area (Å²) in [6, 6.07) is 17.8. The summed E-state index contributed by atoms with van der Waals surface area (Å²) in [5.74, 6) is -0.0250. The summed E-state index contributed by atoms with van der Waals surface area (Å²) >= 11 is 9.53. The Hall–Kier alpha value is -3.03.